The highest BCUT2D eigenvalue weighted by atomic mass is 35.5. The Morgan fingerprint density at radius 1 is 1.12 bits per heavy atom. The van der Waals surface area contributed by atoms with Crippen LogP contribution >= 0.6 is 23.8 Å². The number of aromatic nitrogens is 1. The van der Waals surface area contributed by atoms with Gasteiger partial charge in [0.25, 0.3) is 0 Å². The molecule has 16 heavy (non-hydrogen) atoms. The second-order valence-corrected chi connectivity index (χ2v) is 3.83. The van der Waals surface area contributed by atoms with Crippen LogP contribution in [0.1, 0.15) is 5.56 Å². The molecule has 1 heterocycles. The minimum atomic E-state index is 0.421. The van der Waals surface area contributed by atoms with Crippen LogP contribution in [0.2, 0.25) is 5.15 Å². The van der Waals surface area contributed by atoms with Crippen molar-refractivity contribution in [3.8, 4) is 5.75 Å². The fourth-order valence-corrected chi connectivity index (χ4v) is 1.51. The van der Waals surface area contributed by atoms with Gasteiger partial charge in [-0.25, -0.2) is 4.98 Å². The van der Waals surface area contributed by atoms with E-state index < -0.39 is 0 Å². The van der Waals surface area contributed by atoms with E-state index in [0.717, 1.165) is 5.56 Å². The predicted octanol–water partition coefficient (Wildman–Crippen LogP) is 3.49. The van der Waals surface area contributed by atoms with Gasteiger partial charge in [-0.2, -0.15) is 0 Å². The van der Waals surface area contributed by atoms with Gasteiger partial charge in [-0.15, -0.1) is 0 Å². The third kappa shape index (κ3) is 2.78. The molecule has 0 atom stereocenters. The summed E-state index contributed by atoms with van der Waals surface area (Å²) in [5, 5.41) is 0.850. The second-order valence-electron chi connectivity index (χ2n) is 3.07. The zero-order valence-electron chi connectivity index (χ0n) is 8.26. The van der Waals surface area contributed by atoms with Crippen molar-refractivity contribution in [1.29, 1.82) is 0 Å². The highest BCUT2D eigenvalue weighted by Crippen LogP contribution is 2.14. The normalized spacial score (nSPS) is 9.81. The number of rotatable bonds is 2. The van der Waals surface area contributed by atoms with Crippen molar-refractivity contribution in [2.75, 3.05) is 0 Å². The molecule has 0 amide bonds. The van der Waals surface area contributed by atoms with Crippen LogP contribution in [0.5, 0.6) is 5.75 Å². The zero-order valence-corrected chi connectivity index (χ0v) is 9.83. The maximum Gasteiger partial charge on any atom is 0.198 e. The van der Waals surface area contributed by atoms with E-state index in [-0.39, 0.29) is 0 Å². The van der Waals surface area contributed by atoms with Crippen molar-refractivity contribution in [2.24, 2.45) is 0 Å². The molecule has 0 aliphatic carbocycles. The molecule has 0 saturated heterocycles. The van der Waals surface area contributed by atoms with E-state index in [1.807, 2.05) is 30.3 Å². The molecule has 0 bridgehead atoms. The van der Waals surface area contributed by atoms with Crippen LogP contribution in [0.4, 0.5) is 0 Å². The minimum Gasteiger partial charge on any atom is -0.444 e. The first kappa shape index (κ1) is 11.0. The van der Waals surface area contributed by atoms with Crippen LogP contribution in [0.3, 0.4) is 0 Å². The van der Waals surface area contributed by atoms with E-state index in [2.05, 4.69) is 4.98 Å². The van der Waals surface area contributed by atoms with Gasteiger partial charge in [-0.1, -0.05) is 41.9 Å². The Bertz CT molecular complexity index is 484. The van der Waals surface area contributed by atoms with E-state index >= 15 is 0 Å². The van der Waals surface area contributed by atoms with Crippen LogP contribution in [0.25, 0.3) is 0 Å². The van der Waals surface area contributed by atoms with Gasteiger partial charge in [-0.3, -0.25) is 0 Å². The Morgan fingerprint density at radius 3 is 2.50 bits per heavy atom. The number of halogens is 1. The molecule has 0 aliphatic rings. The fourth-order valence-electron chi connectivity index (χ4n) is 1.16. The average molecular weight is 250 g/mol. The molecule has 0 radical (unpaired) electrons. The van der Waals surface area contributed by atoms with E-state index in [4.69, 9.17) is 28.6 Å². The molecule has 0 saturated carbocycles. The van der Waals surface area contributed by atoms with Crippen LogP contribution in [-0.2, 0) is 0 Å². The molecule has 1 aromatic heterocycles. The third-order valence-corrected chi connectivity index (χ3v) is 2.46. The van der Waals surface area contributed by atoms with Gasteiger partial charge < -0.3 is 4.74 Å². The molecular formula is C12H8ClNOS. The molecule has 4 heteroatoms. The largest absolute Gasteiger partial charge is 0.444 e. The van der Waals surface area contributed by atoms with Crippen molar-refractivity contribution < 1.29 is 4.74 Å². The number of ether oxygens (including phenoxy) is 1. The zero-order chi connectivity index (χ0) is 11.4. The summed E-state index contributed by atoms with van der Waals surface area (Å²) >= 11 is 10.8. The first-order valence-corrected chi connectivity index (χ1v) is 5.43. The van der Waals surface area contributed by atoms with Crippen LogP contribution in [0, 0.1) is 0 Å². The molecule has 0 aliphatic heterocycles. The van der Waals surface area contributed by atoms with Crippen molar-refractivity contribution in [1.82, 2.24) is 4.98 Å². The Labute approximate surface area is 104 Å². The minimum absolute atomic E-state index is 0.421. The summed E-state index contributed by atoms with van der Waals surface area (Å²) in [6, 6.07) is 12.9. The molecular weight excluding hydrogens is 242 g/mol. The molecule has 0 fully saturated rings. The third-order valence-electron chi connectivity index (χ3n) is 1.92. The van der Waals surface area contributed by atoms with Gasteiger partial charge in [0.15, 0.2) is 5.05 Å². The molecule has 80 valence electrons. The van der Waals surface area contributed by atoms with E-state index in [1.165, 1.54) is 6.20 Å². The van der Waals surface area contributed by atoms with Gasteiger partial charge >= 0.3 is 0 Å². The fraction of sp³-hybridized carbons (Fsp3) is 0. The first-order valence-electron chi connectivity index (χ1n) is 4.64. The van der Waals surface area contributed by atoms with Gasteiger partial charge in [-0.05, 0) is 24.4 Å². The maximum absolute atomic E-state index is 5.67. The monoisotopic (exact) mass is 249 g/mol. The van der Waals surface area contributed by atoms with Gasteiger partial charge in [0.2, 0.25) is 0 Å². The lowest BCUT2D eigenvalue weighted by molar-refractivity contribution is 0.563. The number of hydrogen-bond acceptors (Lipinski definition) is 3. The molecule has 0 N–H and O–H groups in total. The smallest absolute Gasteiger partial charge is 0.198 e. The van der Waals surface area contributed by atoms with Crippen molar-refractivity contribution in [3.05, 3.63) is 59.4 Å². The van der Waals surface area contributed by atoms with Gasteiger partial charge in [0.1, 0.15) is 10.9 Å². The number of benzene rings is 1. The summed E-state index contributed by atoms with van der Waals surface area (Å²) in [5.74, 6) is 0.582. The predicted molar refractivity (Wildman–Crippen MR) is 68.0 cm³/mol. The van der Waals surface area contributed by atoms with E-state index in [0.29, 0.717) is 16.0 Å². The molecule has 2 aromatic rings. The lowest BCUT2D eigenvalue weighted by Gasteiger charge is -2.06. The van der Waals surface area contributed by atoms with Crippen molar-refractivity contribution >= 4 is 28.9 Å². The number of nitrogens with zero attached hydrogens (tertiary/aromatic N) is 1. The average Bonchev–Trinajstić information content (AvgIpc) is 2.33. The van der Waals surface area contributed by atoms with Gasteiger partial charge in [0, 0.05) is 5.56 Å². The highest BCUT2D eigenvalue weighted by Gasteiger charge is 2.03. The Kier molecular flexibility index (Phi) is 3.49. The SMILES string of the molecule is S=C(Oc1ccc(Cl)nc1)c1ccccc1. The molecule has 2 nitrogen and oxygen atoms in total. The number of thiocarbonyl (C=S) groups is 1. The number of hydrogen-bond donors (Lipinski definition) is 0. The topological polar surface area (TPSA) is 22.1 Å². The molecule has 0 unspecified atom stereocenters. The summed E-state index contributed by atoms with van der Waals surface area (Å²) < 4.78 is 5.47. The molecule has 0 spiro atoms. The first-order chi connectivity index (χ1) is 7.75. The summed E-state index contributed by atoms with van der Waals surface area (Å²) in [4.78, 5) is 3.91. The van der Waals surface area contributed by atoms with Crippen molar-refractivity contribution in [3.63, 3.8) is 0 Å². The summed E-state index contributed by atoms with van der Waals surface area (Å²) in [7, 11) is 0. The lowest BCUT2D eigenvalue weighted by Crippen LogP contribution is -2.06. The van der Waals surface area contributed by atoms with Gasteiger partial charge in [0.05, 0.1) is 6.20 Å². The Balaban J connectivity index is 2.11. The number of pyridine rings is 1. The highest BCUT2D eigenvalue weighted by molar-refractivity contribution is 7.80. The second kappa shape index (κ2) is 5.05. The van der Waals surface area contributed by atoms with Crippen molar-refractivity contribution in [2.45, 2.75) is 0 Å². The van der Waals surface area contributed by atoms with Crippen LogP contribution in [-0.4, -0.2) is 10.0 Å². The summed E-state index contributed by atoms with van der Waals surface area (Å²) in [6.45, 7) is 0. The standard InChI is InChI=1S/C12H8ClNOS/c13-11-7-6-10(8-14-11)15-12(16)9-4-2-1-3-5-9/h1-8H. The molecule has 1 aromatic carbocycles. The summed E-state index contributed by atoms with van der Waals surface area (Å²) in [5.41, 5.74) is 0.868. The molecule has 2 rings (SSSR count). The van der Waals surface area contributed by atoms with E-state index in [1.54, 1.807) is 12.1 Å². The summed E-state index contributed by atoms with van der Waals surface area (Å²) in [6.07, 6.45) is 1.54. The van der Waals surface area contributed by atoms with Crippen LogP contribution in [0.15, 0.2) is 48.7 Å². The van der Waals surface area contributed by atoms with Crippen LogP contribution < -0.4 is 4.74 Å². The quantitative estimate of drug-likeness (QED) is 0.601. The Morgan fingerprint density at radius 2 is 1.88 bits per heavy atom. The lowest BCUT2D eigenvalue weighted by atomic mass is 10.2. The Hall–Kier alpha value is -1.45. The van der Waals surface area contributed by atoms with E-state index in [9.17, 15) is 0 Å². The maximum atomic E-state index is 5.67.